The molecule has 0 radical (unpaired) electrons. The van der Waals surface area contributed by atoms with Crippen molar-refractivity contribution in [1.82, 2.24) is 4.57 Å². The SMILES string of the molecule is C=CCOc1ccc(/C=c2/sc3n(c2=O)[C@H](c2ccc(OC)cc2)C(C(=O)Nc2ccccc2)=C(C)N=3)cc1Br. The van der Waals surface area contributed by atoms with Gasteiger partial charge in [-0.3, -0.25) is 14.2 Å². The van der Waals surface area contributed by atoms with E-state index in [0.29, 0.717) is 44.4 Å². The number of amides is 1. The molecular weight excluding hydrogens is 590 g/mol. The van der Waals surface area contributed by atoms with Crippen LogP contribution >= 0.6 is 27.3 Å². The van der Waals surface area contributed by atoms with E-state index in [1.807, 2.05) is 78.9 Å². The number of thiazole rings is 1. The van der Waals surface area contributed by atoms with E-state index in [9.17, 15) is 9.59 Å². The van der Waals surface area contributed by atoms with Gasteiger partial charge in [-0.2, -0.15) is 0 Å². The van der Waals surface area contributed by atoms with E-state index in [-0.39, 0.29) is 11.5 Å². The highest BCUT2D eigenvalue weighted by Gasteiger charge is 2.32. The van der Waals surface area contributed by atoms with Crippen LogP contribution in [0.3, 0.4) is 0 Å². The highest BCUT2D eigenvalue weighted by Crippen LogP contribution is 2.32. The van der Waals surface area contributed by atoms with Gasteiger partial charge in [0.2, 0.25) is 0 Å². The number of carbonyl (C=O) groups is 1. The quantitative estimate of drug-likeness (QED) is 0.276. The van der Waals surface area contributed by atoms with Crippen molar-refractivity contribution in [1.29, 1.82) is 0 Å². The molecule has 1 amide bonds. The van der Waals surface area contributed by atoms with Crippen LogP contribution in [0.15, 0.2) is 111 Å². The Kier molecular flexibility index (Phi) is 8.14. The van der Waals surface area contributed by atoms with Crippen molar-refractivity contribution in [3.63, 3.8) is 0 Å². The molecule has 0 unspecified atom stereocenters. The number of allylic oxidation sites excluding steroid dienone is 1. The zero-order chi connectivity index (χ0) is 28.2. The third kappa shape index (κ3) is 5.57. The normalized spacial score (nSPS) is 14.8. The van der Waals surface area contributed by atoms with Crippen molar-refractivity contribution in [2.24, 2.45) is 4.99 Å². The van der Waals surface area contributed by atoms with Crippen LogP contribution in [0.4, 0.5) is 5.69 Å². The lowest BCUT2D eigenvalue weighted by Gasteiger charge is -2.25. The second-order valence-electron chi connectivity index (χ2n) is 8.96. The van der Waals surface area contributed by atoms with Gasteiger partial charge in [0.15, 0.2) is 4.80 Å². The third-order valence-corrected chi connectivity index (χ3v) is 7.94. The molecule has 2 heterocycles. The van der Waals surface area contributed by atoms with Crippen molar-refractivity contribution in [2.75, 3.05) is 19.0 Å². The first-order valence-electron chi connectivity index (χ1n) is 12.5. The minimum atomic E-state index is -0.672. The number of hydrogen-bond acceptors (Lipinski definition) is 6. The molecule has 1 aromatic heterocycles. The Balaban J connectivity index is 1.62. The minimum absolute atomic E-state index is 0.231. The summed E-state index contributed by atoms with van der Waals surface area (Å²) in [4.78, 5) is 32.8. The van der Waals surface area contributed by atoms with E-state index >= 15 is 0 Å². The molecule has 1 aliphatic rings. The predicted molar refractivity (Wildman–Crippen MR) is 162 cm³/mol. The van der Waals surface area contributed by atoms with Gasteiger partial charge >= 0.3 is 0 Å². The summed E-state index contributed by atoms with van der Waals surface area (Å²) >= 11 is 4.82. The van der Waals surface area contributed by atoms with Crippen LogP contribution in [-0.2, 0) is 4.79 Å². The predicted octanol–water partition coefficient (Wildman–Crippen LogP) is 5.21. The number of hydrogen-bond donors (Lipinski definition) is 1. The van der Waals surface area contributed by atoms with Crippen molar-refractivity contribution in [3.05, 3.63) is 132 Å². The molecular formula is C31H26BrN3O4S. The van der Waals surface area contributed by atoms with Gasteiger partial charge < -0.3 is 14.8 Å². The van der Waals surface area contributed by atoms with Gasteiger partial charge in [-0.15, -0.1) is 0 Å². The molecule has 0 fully saturated rings. The van der Waals surface area contributed by atoms with E-state index in [2.05, 4.69) is 27.8 Å². The Morgan fingerprint density at radius 1 is 1.15 bits per heavy atom. The van der Waals surface area contributed by atoms with Crippen LogP contribution in [0, 0.1) is 0 Å². The lowest BCUT2D eigenvalue weighted by molar-refractivity contribution is -0.113. The monoisotopic (exact) mass is 615 g/mol. The number of nitrogens with one attached hydrogen (secondary N) is 1. The number of carbonyl (C=O) groups excluding carboxylic acids is 1. The Morgan fingerprint density at radius 2 is 1.90 bits per heavy atom. The molecule has 1 atom stereocenters. The van der Waals surface area contributed by atoms with E-state index in [1.54, 1.807) is 24.7 Å². The molecule has 7 nitrogen and oxygen atoms in total. The van der Waals surface area contributed by atoms with Crippen molar-refractivity contribution in [2.45, 2.75) is 13.0 Å². The summed E-state index contributed by atoms with van der Waals surface area (Å²) in [5.41, 5.74) is 2.97. The van der Waals surface area contributed by atoms with Crippen molar-refractivity contribution in [3.8, 4) is 11.5 Å². The lowest BCUT2D eigenvalue weighted by Crippen LogP contribution is -2.40. The maximum atomic E-state index is 13.9. The molecule has 0 spiro atoms. The Morgan fingerprint density at radius 3 is 2.58 bits per heavy atom. The largest absolute Gasteiger partial charge is 0.497 e. The van der Waals surface area contributed by atoms with Crippen molar-refractivity contribution >= 4 is 44.9 Å². The summed E-state index contributed by atoms with van der Waals surface area (Å²) in [7, 11) is 1.59. The van der Waals surface area contributed by atoms with Gasteiger partial charge in [0.25, 0.3) is 11.5 Å². The summed E-state index contributed by atoms with van der Waals surface area (Å²) in [5, 5.41) is 2.96. The second-order valence-corrected chi connectivity index (χ2v) is 10.8. The fourth-order valence-electron chi connectivity index (χ4n) is 4.46. The molecule has 4 aromatic rings. The fourth-order valence-corrected chi connectivity index (χ4v) is 6.01. The molecule has 0 saturated heterocycles. The number of rotatable bonds is 8. The fraction of sp³-hybridized carbons (Fsp3) is 0.129. The van der Waals surface area contributed by atoms with Crippen LogP contribution in [0.2, 0.25) is 0 Å². The van der Waals surface area contributed by atoms with Crippen LogP contribution in [0.25, 0.3) is 6.08 Å². The highest BCUT2D eigenvalue weighted by molar-refractivity contribution is 9.10. The van der Waals surface area contributed by atoms with Crippen LogP contribution in [0.5, 0.6) is 11.5 Å². The Labute approximate surface area is 243 Å². The van der Waals surface area contributed by atoms with E-state index in [0.717, 1.165) is 15.6 Å². The Hall–Kier alpha value is -4.21. The second kappa shape index (κ2) is 11.9. The van der Waals surface area contributed by atoms with Gasteiger partial charge in [-0.1, -0.05) is 60.4 Å². The third-order valence-electron chi connectivity index (χ3n) is 6.34. The summed E-state index contributed by atoms with van der Waals surface area (Å²) in [6.45, 7) is 5.86. The topological polar surface area (TPSA) is 81.9 Å². The van der Waals surface area contributed by atoms with E-state index in [4.69, 9.17) is 14.5 Å². The molecule has 202 valence electrons. The van der Waals surface area contributed by atoms with Gasteiger partial charge in [0, 0.05) is 5.69 Å². The first-order valence-corrected chi connectivity index (χ1v) is 14.1. The number of methoxy groups -OCH3 is 1. The number of benzene rings is 3. The van der Waals surface area contributed by atoms with Gasteiger partial charge in [0.1, 0.15) is 18.1 Å². The molecule has 3 aromatic carbocycles. The minimum Gasteiger partial charge on any atom is -0.497 e. The first kappa shape index (κ1) is 27.4. The van der Waals surface area contributed by atoms with Crippen LogP contribution < -0.4 is 29.7 Å². The summed E-state index contributed by atoms with van der Waals surface area (Å²) < 4.78 is 13.8. The van der Waals surface area contributed by atoms with Crippen molar-refractivity contribution < 1.29 is 14.3 Å². The number of nitrogens with zero attached hydrogens (tertiary/aromatic N) is 2. The number of para-hydroxylation sites is 1. The van der Waals surface area contributed by atoms with Gasteiger partial charge in [-0.25, -0.2) is 4.99 Å². The maximum absolute atomic E-state index is 13.9. The lowest BCUT2D eigenvalue weighted by atomic mass is 9.95. The Bertz CT molecular complexity index is 1790. The number of fused-ring (bicyclic) bond motifs is 1. The molecule has 0 saturated carbocycles. The maximum Gasteiger partial charge on any atom is 0.271 e. The number of ether oxygens (including phenoxy) is 2. The van der Waals surface area contributed by atoms with Gasteiger partial charge in [0.05, 0.1) is 33.4 Å². The first-order chi connectivity index (χ1) is 19.4. The summed E-state index contributed by atoms with van der Waals surface area (Å²) in [6, 6.07) is 21.5. The van der Waals surface area contributed by atoms with E-state index < -0.39 is 6.04 Å². The van der Waals surface area contributed by atoms with Crippen LogP contribution in [0.1, 0.15) is 24.1 Å². The van der Waals surface area contributed by atoms with Gasteiger partial charge in [-0.05, 0) is 76.5 Å². The molecule has 0 bridgehead atoms. The summed E-state index contributed by atoms with van der Waals surface area (Å²) in [6.07, 6.45) is 3.50. The molecule has 1 N–H and O–H groups in total. The molecule has 9 heteroatoms. The zero-order valence-corrected chi connectivity index (χ0v) is 24.3. The molecule has 40 heavy (non-hydrogen) atoms. The number of aromatic nitrogens is 1. The number of anilines is 1. The molecule has 1 aliphatic heterocycles. The average Bonchev–Trinajstić information content (AvgIpc) is 3.26. The smallest absolute Gasteiger partial charge is 0.271 e. The zero-order valence-electron chi connectivity index (χ0n) is 21.9. The van der Waals surface area contributed by atoms with E-state index in [1.165, 1.54) is 11.3 Å². The summed E-state index contributed by atoms with van der Waals surface area (Å²) in [5.74, 6) is 1.04. The molecule has 5 rings (SSSR count). The highest BCUT2D eigenvalue weighted by atomic mass is 79.9. The average molecular weight is 617 g/mol. The number of halogens is 1. The molecule has 0 aliphatic carbocycles. The standard InChI is InChI=1S/C31H26BrN3O4S/c1-4-16-39-25-15-10-20(17-24(25)32)18-26-30(37)35-28(21-11-13-23(38-3)14-12-21)27(19(2)33-31(35)40-26)29(36)34-22-8-6-5-7-9-22/h4-15,17-18,28H,1,16H2,2-3H3,(H,34,36)/b26-18+/t28-/m1/s1. The van der Waals surface area contributed by atoms with Crippen LogP contribution in [-0.4, -0.2) is 24.2 Å².